The maximum absolute atomic E-state index is 13.2. The van der Waals surface area contributed by atoms with Gasteiger partial charge in [-0.2, -0.15) is 0 Å². The molecule has 5 nitrogen and oxygen atoms in total. The largest absolute Gasteiger partial charge is 0.335 e. The number of fused-ring (bicyclic) bond motifs is 1. The number of rotatable bonds is 4. The quantitative estimate of drug-likeness (QED) is 0.667. The highest BCUT2D eigenvalue weighted by Crippen LogP contribution is 2.32. The van der Waals surface area contributed by atoms with Crippen LogP contribution in [0.4, 0.5) is 0 Å². The van der Waals surface area contributed by atoms with Gasteiger partial charge in [0.25, 0.3) is 5.91 Å². The smallest absolute Gasteiger partial charge is 0.264 e. The fraction of sp³-hybridized carbons (Fsp3) is 0.450. The summed E-state index contributed by atoms with van der Waals surface area (Å²) in [5, 5.41) is 3.17. The number of thiophene rings is 2. The molecule has 0 unspecified atom stereocenters. The minimum atomic E-state index is 0.142. The first kappa shape index (κ1) is 18.5. The van der Waals surface area contributed by atoms with Crippen LogP contribution in [0.2, 0.25) is 0 Å². The van der Waals surface area contributed by atoms with Gasteiger partial charge < -0.3 is 4.90 Å². The van der Waals surface area contributed by atoms with E-state index in [2.05, 4.69) is 39.3 Å². The Balaban J connectivity index is 1.50. The molecule has 1 aliphatic heterocycles. The molecule has 3 aromatic heterocycles. The predicted octanol–water partition coefficient (Wildman–Crippen LogP) is 3.89. The number of aryl methyl sites for hydroxylation is 3. The molecule has 0 bridgehead atoms. The Morgan fingerprint density at radius 1 is 1.19 bits per heavy atom. The van der Waals surface area contributed by atoms with E-state index in [4.69, 9.17) is 0 Å². The molecule has 4 rings (SSSR count). The van der Waals surface area contributed by atoms with Gasteiger partial charge in [-0.25, -0.2) is 9.97 Å². The van der Waals surface area contributed by atoms with Crippen LogP contribution in [0.1, 0.15) is 38.6 Å². The Labute approximate surface area is 167 Å². The van der Waals surface area contributed by atoms with Crippen LogP contribution in [-0.4, -0.2) is 51.9 Å². The summed E-state index contributed by atoms with van der Waals surface area (Å²) in [5.41, 5.74) is 2.01. The first-order valence-corrected chi connectivity index (χ1v) is 11.1. The zero-order chi connectivity index (χ0) is 19.0. The summed E-state index contributed by atoms with van der Waals surface area (Å²) in [6, 6.07) is 4.27. The molecule has 1 saturated heterocycles. The highest BCUT2D eigenvalue weighted by Gasteiger charge is 2.26. The molecule has 1 amide bonds. The van der Waals surface area contributed by atoms with Crippen molar-refractivity contribution in [2.45, 2.75) is 33.7 Å². The van der Waals surface area contributed by atoms with Crippen LogP contribution in [0.5, 0.6) is 0 Å². The number of carbonyl (C=O) groups excluding carboxylic acids is 1. The number of piperazine rings is 1. The highest BCUT2D eigenvalue weighted by atomic mass is 32.1. The predicted molar refractivity (Wildman–Crippen MR) is 112 cm³/mol. The van der Waals surface area contributed by atoms with E-state index in [1.807, 2.05) is 18.7 Å². The van der Waals surface area contributed by atoms with E-state index < -0.39 is 0 Å². The van der Waals surface area contributed by atoms with E-state index in [9.17, 15) is 4.79 Å². The summed E-state index contributed by atoms with van der Waals surface area (Å²) in [6.45, 7) is 10.5. The number of hydrogen-bond donors (Lipinski definition) is 0. The zero-order valence-electron chi connectivity index (χ0n) is 16.0. The molecule has 0 radical (unpaired) electrons. The molecule has 0 aromatic carbocycles. The van der Waals surface area contributed by atoms with Gasteiger partial charge in [-0.3, -0.25) is 9.69 Å². The minimum Gasteiger partial charge on any atom is -0.335 e. The second-order valence-electron chi connectivity index (χ2n) is 6.96. The van der Waals surface area contributed by atoms with E-state index in [1.54, 1.807) is 11.3 Å². The van der Waals surface area contributed by atoms with Crippen LogP contribution in [0.3, 0.4) is 0 Å². The molecule has 0 saturated carbocycles. The lowest BCUT2D eigenvalue weighted by Gasteiger charge is -2.34. The molecular formula is C20H24N4OS2. The molecule has 142 valence electrons. The normalized spacial score (nSPS) is 15.6. The van der Waals surface area contributed by atoms with Crippen molar-refractivity contribution in [3.63, 3.8) is 0 Å². The molecular weight excluding hydrogens is 376 g/mol. The number of carbonyl (C=O) groups is 1. The van der Waals surface area contributed by atoms with Crippen molar-refractivity contribution in [3.8, 4) is 0 Å². The van der Waals surface area contributed by atoms with Gasteiger partial charge in [0.05, 0.1) is 4.88 Å². The monoisotopic (exact) mass is 400 g/mol. The van der Waals surface area contributed by atoms with Gasteiger partial charge in [0.15, 0.2) is 0 Å². The van der Waals surface area contributed by atoms with Crippen LogP contribution in [0, 0.1) is 13.8 Å². The van der Waals surface area contributed by atoms with E-state index >= 15 is 0 Å². The van der Waals surface area contributed by atoms with Crippen molar-refractivity contribution in [2.24, 2.45) is 0 Å². The third kappa shape index (κ3) is 3.63. The van der Waals surface area contributed by atoms with Crippen molar-refractivity contribution in [3.05, 3.63) is 44.3 Å². The van der Waals surface area contributed by atoms with Crippen LogP contribution in [0.25, 0.3) is 10.2 Å². The molecule has 7 heteroatoms. The lowest BCUT2D eigenvalue weighted by Crippen LogP contribution is -2.48. The molecule has 0 N–H and O–H groups in total. The SMILES string of the molecule is CCc1nc(C)c2c(C)c(C(=O)N3CCN(Cc4cccs4)CC3)sc2n1. The van der Waals surface area contributed by atoms with E-state index in [1.165, 1.54) is 16.2 Å². The molecule has 4 heterocycles. The number of hydrogen-bond acceptors (Lipinski definition) is 6. The van der Waals surface area contributed by atoms with Gasteiger partial charge in [0, 0.05) is 55.1 Å². The van der Waals surface area contributed by atoms with Crippen molar-refractivity contribution in [1.29, 1.82) is 0 Å². The Morgan fingerprint density at radius 3 is 2.63 bits per heavy atom. The standard InChI is InChI=1S/C20H24N4OS2/c1-4-16-21-14(3)17-13(2)18(27-19(17)22-16)20(25)24-9-7-23(8-10-24)12-15-6-5-11-26-15/h5-6,11H,4,7-10,12H2,1-3H3. The fourth-order valence-electron chi connectivity index (χ4n) is 3.63. The highest BCUT2D eigenvalue weighted by molar-refractivity contribution is 7.20. The summed E-state index contributed by atoms with van der Waals surface area (Å²) < 4.78 is 0. The average molecular weight is 401 g/mol. The van der Waals surface area contributed by atoms with Crippen LogP contribution < -0.4 is 0 Å². The van der Waals surface area contributed by atoms with E-state index in [0.717, 1.165) is 71.3 Å². The molecule has 0 aliphatic carbocycles. The topological polar surface area (TPSA) is 49.3 Å². The third-order valence-corrected chi connectivity index (χ3v) is 7.18. The number of aromatic nitrogens is 2. The second-order valence-corrected chi connectivity index (χ2v) is 8.99. The Morgan fingerprint density at radius 2 is 1.96 bits per heavy atom. The van der Waals surface area contributed by atoms with Gasteiger partial charge in [-0.15, -0.1) is 22.7 Å². The fourth-order valence-corrected chi connectivity index (χ4v) is 5.60. The Kier molecular flexibility index (Phi) is 5.25. The van der Waals surface area contributed by atoms with Crippen LogP contribution in [-0.2, 0) is 13.0 Å². The van der Waals surface area contributed by atoms with Crippen LogP contribution in [0.15, 0.2) is 17.5 Å². The maximum atomic E-state index is 13.2. The number of nitrogens with zero attached hydrogens (tertiary/aromatic N) is 4. The van der Waals surface area contributed by atoms with Crippen molar-refractivity contribution in [2.75, 3.05) is 26.2 Å². The van der Waals surface area contributed by atoms with Gasteiger partial charge in [0.1, 0.15) is 10.7 Å². The molecule has 1 fully saturated rings. The molecule has 27 heavy (non-hydrogen) atoms. The van der Waals surface area contributed by atoms with Crippen molar-refractivity contribution >= 4 is 38.8 Å². The Bertz CT molecular complexity index is 956. The Hall–Kier alpha value is -1.83. The van der Waals surface area contributed by atoms with E-state index in [-0.39, 0.29) is 5.91 Å². The van der Waals surface area contributed by atoms with Gasteiger partial charge in [-0.1, -0.05) is 13.0 Å². The van der Waals surface area contributed by atoms with Gasteiger partial charge in [0.2, 0.25) is 0 Å². The van der Waals surface area contributed by atoms with Crippen molar-refractivity contribution < 1.29 is 4.79 Å². The van der Waals surface area contributed by atoms with Gasteiger partial charge in [-0.05, 0) is 30.9 Å². The molecule has 3 aromatic rings. The first-order chi connectivity index (χ1) is 13.1. The van der Waals surface area contributed by atoms with Crippen LogP contribution >= 0.6 is 22.7 Å². The summed E-state index contributed by atoms with van der Waals surface area (Å²) in [6.07, 6.45) is 0.809. The summed E-state index contributed by atoms with van der Waals surface area (Å²) >= 11 is 3.32. The summed E-state index contributed by atoms with van der Waals surface area (Å²) in [4.78, 5) is 29.9. The molecule has 0 spiro atoms. The summed E-state index contributed by atoms with van der Waals surface area (Å²) in [7, 11) is 0. The molecule has 1 aliphatic rings. The zero-order valence-corrected chi connectivity index (χ0v) is 17.6. The summed E-state index contributed by atoms with van der Waals surface area (Å²) in [5.74, 6) is 0.992. The second kappa shape index (κ2) is 7.66. The number of amides is 1. The van der Waals surface area contributed by atoms with Crippen molar-refractivity contribution in [1.82, 2.24) is 19.8 Å². The molecule has 0 atom stereocenters. The van der Waals surface area contributed by atoms with Gasteiger partial charge >= 0.3 is 0 Å². The lowest BCUT2D eigenvalue weighted by atomic mass is 10.1. The third-order valence-electron chi connectivity index (χ3n) is 5.15. The maximum Gasteiger partial charge on any atom is 0.264 e. The average Bonchev–Trinajstić information content (AvgIpc) is 3.29. The minimum absolute atomic E-state index is 0.142. The first-order valence-electron chi connectivity index (χ1n) is 9.37. The van der Waals surface area contributed by atoms with E-state index in [0.29, 0.717) is 0 Å². The lowest BCUT2D eigenvalue weighted by molar-refractivity contribution is 0.0634.